The second-order valence-electron chi connectivity index (χ2n) is 6.51. The molecule has 1 N–H and O–H groups in total. The van der Waals surface area contributed by atoms with Gasteiger partial charge in [-0.2, -0.15) is 0 Å². The monoisotopic (exact) mass is 342 g/mol. The van der Waals surface area contributed by atoms with Crippen molar-refractivity contribution < 1.29 is 13.9 Å². The highest BCUT2D eigenvalue weighted by molar-refractivity contribution is 5.78. The van der Waals surface area contributed by atoms with Crippen LogP contribution in [-0.4, -0.2) is 46.6 Å². The minimum Gasteiger partial charge on any atom is -0.469 e. The number of anilines is 1. The quantitative estimate of drug-likeness (QED) is 0.897. The standard InChI is InChI=1S/C18H22N4O3/c23-17(11-14-5-2-9-25-14)22-8-10-24-12-15(22)18-19-7-6-16(21-18)20-13-3-1-4-13/h2,5-7,9,13,15H,1,3-4,8,10-12H2,(H,19,20,21)/t15-/m0/s1. The number of nitrogens with one attached hydrogen (secondary N) is 1. The molecule has 1 aliphatic carbocycles. The van der Waals surface area contributed by atoms with Gasteiger partial charge in [0.15, 0.2) is 5.82 Å². The van der Waals surface area contributed by atoms with E-state index in [0.29, 0.717) is 37.4 Å². The maximum Gasteiger partial charge on any atom is 0.230 e. The second kappa shape index (κ2) is 7.23. The van der Waals surface area contributed by atoms with E-state index >= 15 is 0 Å². The van der Waals surface area contributed by atoms with Gasteiger partial charge in [0.25, 0.3) is 0 Å². The summed E-state index contributed by atoms with van der Waals surface area (Å²) in [5, 5.41) is 3.43. The second-order valence-corrected chi connectivity index (χ2v) is 6.51. The van der Waals surface area contributed by atoms with Crippen molar-refractivity contribution in [3.63, 3.8) is 0 Å². The Kier molecular flexibility index (Phi) is 4.65. The summed E-state index contributed by atoms with van der Waals surface area (Å²) in [7, 11) is 0. The van der Waals surface area contributed by atoms with E-state index in [9.17, 15) is 4.79 Å². The molecule has 7 nitrogen and oxygen atoms in total. The minimum atomic E-state index is -0.264. The summed E-state index contributed by atoms with van der Waals surface area (Å²) in [4.78, 5) is 23.5. The van der Waals surface area contributed by atoms with Crippen LogP contribution in [-0.2, 0) is 16.0 Å². The number of ether oxygens (including phenoxy) is 1. The van der Waals surface area contributed by atoms with Crippen LogP contribution >= 0.6 is 0 Å². The lowest BCUT2D eigenvalue weighted by Crippen LogP contribution is -2.44. The Morgan fingerprint density at radius 1 is 1.36 bits per heavy atom. The van der Waals surface area contributed by atoms with Crippen molar-refractivity contribution in [1.82, 2.24) is 14.9 Å². The zero-order valence-electron chi connectivity index (χ0n) is 14.1. The Morgan fingerprint density at radius 3 is 3.04 bits per heavy atom. The van der Waals surface area contributed by atoms with Crippen molar-refractivity contribution >= 4 is 11.7 Å². The molecule has 2 aliphatic rings. The first kappa shape index (κ1) is 16.1. The third-order valence-corrected chi connectivity index (χ3v) is 4.78. The first-order valence-electron chi connectivity index (χ1n) is 8.78. The van der Waals surface area contributed by atoms with Gasteiger partial charge in [-0.25, -0.2) is 9.97 Å². The van der Waals surface area contributed by atoms with Crippen LogP contribution in [0.2, 0.25) is 0 Å². The predicted octanol–water partition coefficient (Wildman–Crippen LogP) is 2.18. The molecule has 1 saturated carbocycles. The van der Waals surface area contributed by atoms with E-state index in [-0.39, 0.29) is 18.4 Å². The van der Waals surface area contributed by atoms with Crippen LogP contribution in [0.4, 0.5) is 5.82 Å². The average molecular weight is 342 g/mol. The van der Waals surface area contributed by atoms with Gasteiger partial charge in [-0.15, -0.1) is 0 Å². The lowest BCUT2D eigenvalue weighted by molar-refractivity contribution is -0.140. The third-order valence-electron chi connectivity index (χ3n) is 4.78. The number of carbonyl (C=O) groups is 1. The fourth-order valence-corrected chi connectivity index (χ4v) is 3.16. The summed E-state index contributed by atoms with van der Waals surface area (Å²) in [6.45, 7) is 1.48. The molecular weight excluding hydrogens is 320 g/mol. The summed E-state index contributed by atoms with van der Waals surface area (Å²) in [6.07, 6.45) is 7.19. The molecule has 4 rings (SSSR count). The number of carbonyl (C=O) groups excluding carboxylic acids is 1. The highest BCUT2D eigenvalue weighted by Gasteiger charge is 2.31. The first-order chi connectivity index (χ1) is 12.3. The fraction of sp³-hybridized carbons (Fsp3) is 0.500. The molecule has 1 saturated heterocycles. The fourth-order valence-electron chi connectivity index (χ4n) is 3.16. The minimum absolute atomic E-state index is 0.00389. The van der Waals surface area contributed by atoms with Gasteiger partial charge in [0.05, 0.1) is 25.9 Å². The molecule has 0 aromatic carbocycles. The van der Waals surface area contributed by atoms with Gasteiger partial charge in [0.2, 0.25) is 5.91 Å². The average Bonchev–Trinajstić information content (AvgIpc) is 3.11. The first-order valence-corrected chi connectivity index (χ1v) is 8.78. The van der Waals surface area contributed by atoms with Crippen LogP contribution in [0.5, 0.6) is 0 Å². The molecule has 0 unspecified atom stereocenters. The molecule has 0 spiro atoms. The number of furan rings is 1. The van der Waals surface area contributed by atoms with Crippen molar-refractivity contribution in [3.8, 4) is 0 Å². The number of morpholine rings is 1. The van der Waals surface area contributed by atoms with Gasteiger partial charge < -0.3 is 19.4 Å². The summed E-state index contributed by atoms with van der Waals surface area (Å²) in [6, 6.07) is 5.72. The van der Waals surface area contributed by atoms with Crippen LogP contribution in [0, 0.1) is 0 Å². The van der Waals surface area contributed by atoms with E-state index in [1.807, 2.05) is 12.1 Å². The van der Waals surface area contributed by atoms with Crippen molar-refractivity contribution in [1.29, 1.82) is 0 Å². The largest absolute Gasteiger partial charge is 0.469 e. The summed E-state index contributed by atoms with van der Waals surface area (Å²) in [5.41, 5.74) is 0. The lowest BCUT2D eigenvalue weighted by Gasteiger charge is -2.34. The summed E-state index contributed by atoms with van der Waals surface area (Å²) >= 11 is 0. The Hall–Kier alpha value is -2.41. The van der Waals surface area contributed by atoms with Crippen molar-refractivity contribution in [3.05, 3.63) is 42.2 Å². The van der Waals surface area contributed by atoms with Crippen LogP contribution in [0.25, 0.3) is 0 Å². The molecular formula is C18H22N4O3. The number of amides is 1. The number of hydrogen-bond donors (Lipinski definition) is 1. The molecule has 1 amide bonds. The van der Waals surface area contributed by atoms with Crippen LogP contribution in [0.1, 0.15) is 36.9 Å². The third kappa shape index (κ3) is 3.66. The molecule has 1 aliphatic heterocycles. The zero-order valence-corrected chi connectivity index (χ0v) is 14.1. The van der Waals surface area contributed by atoms with Crippen LogP contribution in [0.15, 0.2) is 35.1 Å². The van der Waals surface area contributed by atoms with E-state index in [2.05, 4.69) is 15.3 Å². The number of aromatic nitrogens is 2. The van der Waals surface area contributed by atoms with Crippen LogP contribution < -0.4 is 5.32 Å². The van der Waals surface area contributed by atoms with Gasteiger partial charge in [-0.3, -0.25) is 4.79 Å². The van der Waals surface area contributed by atoms with Gasteiger partial charge in [-0.1, -0.05) is 0 Å². The molecule has 132 valence electrons. The van der Waals surface area contributed by atoms with E-state index < -0.39 is 0 Å². The molecule has 2 aromatic rings. The maximum atomic E-state index is 12.7. The molecule has 2 aromatic heterocycles. The molecule has 7 heteroatoms. The molecule has 0 bridgehead atoms. The van der Waals surface area contributed by atoms with Gasteiger partial charge >= 0.3 is 0 Å². The maximum absolute atomic E-state index is 12.7. The Labute approximate surface area is 146 Å². The normalized spacial score (nSPS) is 21.0. The Morgan fingerprint density at radius 2 is 2.28 bits per heavy atom. The van der Waals surface area contributed by atoms with Gasteiger partial charge in [-0.05, 0) is 37.5 Å². The van der Waals surface area contributed by atoms with Crippen molar-refractivity contribution in [2.45, 2.75) is 37.8 Å². The summed E-state index contributed by atoms with van der Waals surface area (Å²) in [5.74, 6) is 2.11. The molecule has 2 fully saturated rings. The van der Waals surface area contributed by atoms with Gasteiger partial charge in [0.1, 0.15) is 17.6 Å². The predicted molar refractivity (Wildman–Crippen MR) is 91.0 cm³/mol. The summed E-state index contributed by atoms with van der Waals surface area (Å²) < 4.78 is 10.9. The smallest absolute Gasteiger partial charge is 0.230 e. The SMILES string of the molecule is O=C(Cc1ccco1)N1CCOC[C@H]1c1nccc(NC2CCC2)n1. The number of rotatable bonds is 5. The van der Waals surface area contributed by atoms with Crippen molar-refractivity contribution in [2.75, 3.05) is 25.1 Å². The molecule has 25 heavy (non-hydrogen) atoms. The van der Waals surface area contributed by atoms with E-state index in [0.717, 1.165) is 5.82 Å². The Balaban J connectivity index is 1.50. The zero-order chi connectivity index (χ0) is 17.1. The molecule has 3 heterocycles. The highest BCUT2D eigenvalue weighted by Crippen LogP contribution is 2.25. The Bertz CT molecular complexity index is 715. The molecule has 1 atom stereocenters. The molecule has 0 radical (unpaired) electrons. The topological polar surface area (TPSA) is 80.5 Å². The van der Waals surface area contributed by atoms with E-state index in [4.69, 9.17) is 9.15 Å². The lowest BCUT2D eigenvalue weighted by atomic mass is 9.93. The van der Waals surface area contributed by atoms with E-state index in [1.165, 1.54) is 19.3 Å². The van der Waals surface area contributed by atoms with Crippen molar-refractivity contribution in [2.24, 2.45) is 0 Å². The van der Waals surface area contributed by atoms with Gasteiger partial charge in [0, 0.05) is 18.8 Å². The highest BCUT2D eigenvalue weighted by atomic mass is 16.5. The van der Waals surface area contributed by atoms with E-state index in [1.54, 1.807) is 23.4 Å². The number of nitrogens with zero attached hydrogens (tertiary/aromatic N) is 3. The number of hydrogen-bond acceptors (Lipinski definition) is 6. The van der Waals surface area contributed by atoms with Crippen LogP contribution in [0.3, 0.4) is 0 Å².